The molecular weight excluding hydrogens is 331 g/mol. The number of aliphatic hydroxyl groups is 3. The molecule has 0 bridgehead atoms. The monoisotopic (exact) mass is 345 g/mol. The van der Waals surface area contributed by atoms with E-state index in [1.54, 1.807) is 0 Å². The van der Waals surface area contributed by atoms with Gasteiger partial charge in [-0.25, -0.2) is 0 Å². The molecule has 10 nitrogen and oxygen atoms in total. The standard InChI is InChI=1S/C8H16NO9P.2Na/c1-3(10)9-5-7(12)6(11)4(18-8(5)13)2-17-19(14,15)16;;/h4-8,11-13H,2H2,1H3,(H,9,10)(H2,14,15,16);;/q;2*+1/p-2/t4?,5?,6-,7?,8-;;/m1../s1. The minimum absolute atomic E-state index is 0. The minimum Gasteiger partial charge on any atom is -0.790 e. The Morgan fingerprint density at radius 2 is 1.81 bits per heavy atom. The third-order valence-corrected chi connectivity index (χ3v) is 2.95. The van der Waals surface area contributed by atoms with Crippen LogP contribution in [0.15, 0.2) is 0 Å². The van der Waals surface area contributed by atoms with Crippen molar-refractivity contribution in [3.63, 3.8) is 0 Å². The molecule has 112 valence electrons. The van der Waals surface area contributed by atoms with Gasteiger partial charge < -0.3 is 44.2 Å². The Hall–Kier alpha value is 1.42. The molecule has 0 aromatic rings. The number of phosphoric ester groups is 1. The van der Waals surface area contributed by atoms with Crippen LogP contribution in [0.5, 0.6) is 0 Å². The molecule has 1 aliphatic heterocycles. The van der Waals surface area contributed by atoms with Crippen LogP contribution in [0.2, 0.25) is 0 Å². The molecule has 4 N–H and O–H groups in total. The maximum Gasteiger partial charge on any atom is 1.00 e. The van der Waals surface area contributed by atoms with Gasteiger partial charge in [-0.2, -0.15) is 0 Å². The maximum absolute atomic E-state index is 10.8. The van der Waals surface area contributed by atoms with Crippen LogP contribution >= 0.6 is 7.82 Å². The van der Waals surface area contributed by atoms with E-state index < -0.39 is 51.0 Å². The first-order chi connectivity index (χ1) is 8.61. The molecule has 0 radical (unpaired) electrons. The number of hydrogen-bond donors (Lipinski definition) is 4. The van der Waals surface area contributed by atoms with Crippen molar-refractivity contribution in [3.8, 4) is 0 Å². The summed E-state index contributed by atoms with van der Waals surface area (Å²) in [5.41, 5.74) is 0. The van der Waals surface area contributed by atoms with Gasteiger partial charge in [-0.1, -0.05) is 0 Å². The van der Waals surface area contributed by atoms with E-state index in [2.05, 4.69) is 9.84 Å². The third-order valence-electron chi connectivity index (χ3n) is 2.49. The Kier molecular flexibility index (Phi) is 12.1. The molecule has 21 heavy (non-hydrogen) atoms. The molecule has 1 aliphatic rings. The number of rotatable bonds is 4. The van der Waals surface area contributed by atoms with Crippen molar-refractivity contribution >= 4 is 13.7 Å². The predicted octanol–water partition coefficient (Wildman–Crippen LogP) is -10.2. The second-order valence-corrected chi connectivity index (χ2v) is 5.17. The summed E-state index contributed by atoms with van der Waals surface area (Å²) < 4.78 is 19.0. The van der Waals surface area contributed by atoms with Gasteiger partial charge in [0.1, 0.15) is 24.4 Å². The van der Waals surface area contributed by atoms with Crippen LogP contribution < -0.4 is 74.2 Å². The van der Waals surface area contributed by atoms with E-state index in [0.717, 1.165) is 6.92 Å². The van der Waals surface area contributed by atoms with Crippen molar-refractivity contribution in [1.82, 2.24) is 5.32 Å². The molecule has 1 amide bonds. The minimum atomic E-state index is -5.26. The number of amides is 1. The molecule has 0 aromatic heterocycles. The molecule has 1 saturated heterocycles. The molecule has 1 rings (SSSR count). The summed E-state index contributed by atoms with van der Waals surface area (Å²) in [7, 11) is -5.26. The maximum atomic E-state index is 10.8. The third kappa shape index (κ3) is 8.18. The predicted molar refractivity (Wildman–Crippen MR) is 54.1 cm³/mol. The summed E-state index contributed by atoms with van der Waals surface area (Å²) in [6, 6.07) is -1.28. The Labute approximate surface area is 165 Å². The van der Waals surface area contributed by atoms with Gasteiger partial charge in [-0.15, -0.1) is 0 Å². The summed E-state index contributed by atoms with van der Waals surface area (Å²) in [6.45, 7) is 0.276. The van der Waals surface area contributed by atoms with E-state index in [9.17, 15) is 34.5 Å². The molecule has 0 saturated carbocycles. The number of carbonyl (C=O) groups is 1. The van der Waals surface area contributed by atoms with Crippen LogP contribution in [0.4, 0.5) is 0 Å². The van der Waals surface area contributed by atoms with Crippen LogP contribution in [0.25, 0.3) is 0 Å². The van der Waals surface area contributed by atoms with Crippen LogP contribution in [-0.2, 0) is 18.6 Å². The van der Waals surface area contributed by atoms with Gasteiger partial charge in [-0.3, -0.25) is 4.79 Å². The van der Waals surface area contributed by atoms with Crippen LogP contribution in [0.3, 0.4) is 0 Å². The number of carbonyl (C=O) groups excluding carboxylic acids is 1. The van der Waals surface area contributed by atoms with Gasteiger partial charge in [0.25, 0.3) is 0 Å². The van der Waals surface area contributed by atoms with Crippen molar-refractivity contribution in [1.29, 1.82) is 0 Å². The van der Waals surface area contributed by atoms with E-state index in [1.165, 1.54) is 0 Å². The number of hydrogen-bond acceptors (Lipinski definition) is 9. The molecule has 0 aliphatic carbocycles. The van der Waals surface area contributed by atoms with Gasteiger partial charge in [0.05, 0.1) is 14.4 Å². The second-order valence-electron chi connectivity index (χ2n) is 4.02. The quantitative estimate of drug-likeness (QED) is 0.285. The molecular formula is C8H14NNa2O9P. The smallest absolute Gasteiger partial charge is 0.790 e. The second kappa shape index (κ2) is 10.3. The number of aliphatic hydroxyl groups excluding tert-OH is 3. The van der Waals surface area contributed by atoms with Gasteiger partial charge >= 0.3 is 59.1 Å². The molecule has 5 atom stereocenters. The number of ether oxygens (including phenoxy) is 1. The Balaban J connectivity index is 0. The summed E-state index contributed by atoms with van der Waals surface area (Å²) in [6.07, 6.45) is -6.37. The fourth-order valence-electron chi connectivity index (χ4n) is 1.64. The largest absolute Gasteiger partial charge is 1.00 e. The average Bonchev–Trinajstić information content (AvgIpc) is 2.26. The van der Waals surface area contributed by atoms with Crippen LogP contribution in [0.1, 0.15) is 6.92 Å². The molecule has 3 unspecified atom stereocenters. The molecule has 0 spiro atoms. The van der Waals surface area contributed by atoms with E-state index in [0.29, 0.717) is 0 Å². The molecule has 0 aromatic carbocycles. The van der Waals surface area contributed by atoms with Gasteiger partial charge in [0.15, 0.2) is 6.29 Å². The van der Waals surface area contributed by atoms with Gasteiger partial charge in [0, 0.05) is 6.92 Å². The fourth-order valence-corrected chi connectivity index (χ4v) is 1.97. The number of nitrogens with one attached hydrogen (secondary N) is 1. The van der Waals surface area contributed by atoms with Gasteiger partial charge in [0.2, 0.25) is 5.91 Å². The van der Waals surface area contributed by atoms with E-state index in [4.69, 9.17) is 4.74 Å². The van der Waals surface area contributed by atoms with Crippen molar-refractivity contribution in [2.24, 2.45) is 0 Å². The van der Waals surface area contributed by atoms with E-state index >= 15 is 0 Å². The Morgan fingerprint density at radius 1 is 1.29 bits per heavy atom. The first kappa shape index (κ1) is 24.7. The van der Waals surface area contributed by atoms with Crippen molar-refractivity contribution in [2.75, 3.05) is 6.61 Å². The van der Waals surface area contributed by atoms with E-state index in [-0.39, 0.29) is 59.1 Å². The first-order valence-corrected chi connectivity index (χ1v) is 6.71. The summed E-state index contributed by atoms with van der Waals surface area (Å²) >= 11 is 0. The summed E-state index contributed by atoms with van der Waals surface area (Å²) in [5, 5.41) is 31.0. The van der Waals surface area contributed by atoms with Crippen LogP contribution in [-0.4, -0.2) is 58.5 Å². The van der Waals surface area contributed by atoms with Crippen molar-refractivity contribution in [2.45, 2.75) is 37.6 Å². The summed E-state index contributed by atoms with van der Waals surface area (Å²) in [5.74, 6) is -0.572. The SMILES string of the molecule is CC(=O)NC1C(O)[C@H](O)C(COP(=O)([O-])[O-])O[C@H]1O.[Na+].[Na+]. The molecule has 1 fully saturated rings. The van der Waals surface area contributed by atoms with Crippen molar-refractivity contribution in [3.05, 3.63) is 0 Å². The zero-order chi connectivity index (χ0) is 14.8. The topological polar surface area (TPSA) is 171 Å². The Morgan fingerprint density at radius 3 is 2.24 bits per heavy atom. The zero-order valence-electron chi connectivity index (χ0n) is 11.8. The average molecular weight is 345 g/mol. The number of phosphoric acid groups is 1. The first-order valence-electron chi connectivity index (χ1n) is 5.25. The van der Waals surface area contributed by atoms with Crippen molar-refractivity contribution < 1.29 is 103 Å². The fraction of sp³-hybridized carbons (Fsp3) is 0.875. The Bertz CT molecular complexity index is 381. The van der Waals surface area contributed by atoms with Crippen LogP contribution in [0, 0.1) is 0 Å². The summed E-state index contributed by atoms with van der Waals surface area (Å²) in [4.78, 5) is 31.4. The molecule has 1 heterocycles. The van der Waals surface area contributed by atoms with Gasteiger partial charge in [-0.05, 0) is 0 Å². The van der Waals surface area contributed by atoms with E-state index in [1.807, 2.05) is 0 Å². The normalized spacial score (nSPS) is 32.6. The molecule has 13 heteroatoms. The zero-order valence-corrected chi connectivity index (χ0v) is 16.7.